The number of nitrogens with zero attached hydrogens (tertiary/aromatic N) is 2. The van der Waals surface area contributed by atoms with Crippen molar-refractivity contribution in [3.8, 4) is 0 Å². The summed E-state index contributed by atoms with van der Waals surface area (Å²) in [5, 5.41) is 4.05. The third-order valence-corrected chi connectivity index (χ3v) is 7.26. The third kappa shape index (κ3) is 3.80. The first kappa shape index (κ1) is 21.5. The Morgan fingerprint density at radius 1 is 0.844 bits per heavy atom. The van der Waals surface area contributed by atoms with Crippen molar-refractivity contribution in [2.75, 3.05) is 12.1 Å². The molecule has 162 valence electrons. The SMILES string of the molecule is COC(=O)C1=NN(c2ccccc2)[C@H](C(=O)c2ccccc2)[C@H]1S(=O)(=O)c1ccccc1. The van der Waals surface area contributed by atoms with Crippen LogP contribution in [0.5, 0.6) is 0 Å². The van der Waals surface area contributed by atoms with Gasteiger partial charge in [-0.15, -0.1) is 0 Å². The number of anilines is 1. The van der Waals surface area contributed by atoms with E-state index in [2.05, 4.69) is 5.10 Å². The van der Waals surface area contributed by atoms with Gasteiger partial charge in [0.1, 0.15) is 11.3 Å². The molecule has 0 saturated carbocycles. The number of ether oxygens (including phenoxy) is 1. The monoisotopic (exact) mass is 448 g/mol. The second-order valence-electron chi connectivity index (χ2n) is 7.11. The average Bonchev–Trinajstić information content (AvgIpc) is 3.26. The number of hydrazone groups is 1. The van der Waals surface area contributed by atoms with E-state index in [0.29, 0.717) is 11.3 Å². The lowest BCUT2D eigenvalue weighted by Gasteiger charge is -2.26. The van der Waals surface area contributed by atoms with Crippen molar-refractivity contribution in [3.63, 3.8) is 0 Å². The maximum absolute atomic E-state index is 13.7. The molecule has 3 aromatic rings. The number of rotatable bonds is 6. The fourth-order valence-electron chi connectivity index (χ4n) is 3.67. The Labute approximate surface area is 185 Å². The van der Waals surface area contributed by atoms with Crippen molar-refractivity contribution >= 4 is 33.0 Å². The van der Waals surface area contributed by atoms with Crippen LogP contribution in [0.2, 0.25) is 0 Å². The van der Waals surface area contributed by atoms with Crippen LogP contribution in [-0.2, 0) is 19.4 Å². The van der Waals surface area contributed by atoms with Gasteiger partial charge < -0.3 is 4.74 Å². The van der Waals surface area contributed by atoms with E-state index in [4.69, 9.17) is 4.74 Å². The van der Waals surface area contributed by atoms with Crippen LogP contribution in [-0.4, -0.2) is 44.3 Å². The van der Waals surface area contributed by atoms with Gasteiger partial charge in [0.25, 0.3) is 0 Å². The second kappa shape index (κ2) is 8.76. The van der Waals surface area contributed by atoms with E-state index in [1.807, 2.05) is 0 Å². The summed E-state index contributed by atoms with van der Waals surface area (Å²) in [6, 6.07) is 23.4. The minimum Gasteiger partial charge on any atom is -0.464 e. The van der Waals surface area contributed by atoms with Crippen LogP contribution in [0.15, 0.2) is 101 Å². The molecule has 0 fully saturated rings. The molecule has 0 bridgehead atoms. The molecule has 3 aromatic carbocycles. The van der Waals surface area contributed by atoms with E-state index in [-0.39, 0.29) is 10.6 Å². The Kier molecular flexibility index (Phi) is 5.87. The summed E-state index contributed by atoms with van der Waals surface area (Å²) in [5.41, 5.74) is 0.455. The van der Waals surface area contributed by atoms with Gasteiger partial charge in [0, 0.05) is 5.56 Å². The normalized spacial score (nSPS) is 18.2. The molecule has 0 spiro atoms. The molecule has 1 aliphatic rings. The summed E-state index contributed by atoms with van der Waals surface area (Å²) in [5.74, 6) is -1.37. The van der Waals surface area contributed by atoms with Crippen LogP contribution >= 0.6 is 0 Å². The van der Waals surface area contributed by atoms with E-state index in [9.17, 15) is 18.0 Å². The predicted octanol–water partition coefficient (Wildman–Crippen LogP) is 3.13. The highest BCUT2D eigenvalue weighted by Gasteiger charge is 2.53. The molecule has 0 amide bonds. The number of Topliss-reactive ketones (excluding diaryl/α,β-unsaturated/α-hetero) is 1. The highest BCUT2D eigenvalue weighted by molar-refractivity contribution is 7.93. The van der Waals surface area contributed by atoms with Gasteiger partial charge in [-0.05, 0) is 24.3 Å². The number of para-hydroxylation sites is 1. The lowest BCUT2D eigenvalue weighted by molar-refractivity contribution is -0.132. The molecular weight excluding hydrogens is 428 g/mol. The van der Waals surface area contributed by atoms with Crippen LogP contribution in [0.25, 0.3) is 0 Å². The van der Waals surface area contributed by atoms with Crippen molar-refractivity contribution in [1.82, 2.24) is 0 Å². The third-order valence-electron chi connectivity index (χ3n) is 5.18. The van der Waals surface area contributed by atoms with Gasteiger partial charge in [-0.3, -0.25) is 9.80 Å². The molecule has 1 aliphatic heterocycles. The minimum absolute atomic E-state index is 0.0117. The zero-order chi connectivity index (χ0) is 22.7. The van der Waals surface area contributed by atoms with Crippen LogP contribution in [0.4, 0.5) is 5.69 Å². The topological polar surface area (TPSA) is 93.1 Å². The van der Waals surface area contributed by atoms with E-state index in [1.54, 1.807) is 78.9 Å². The first-order valence-corrected chi connectivity index (χ1v) is 11.4. The Bertz CT molecular complexity index is 1260. The van der Waals surface area contributed by atoms with Gasteiger partial charge in [0.05, 0.1) is 17.7 Å². The number of hydrogen-bond donors (Lipinski definition) is 0. The number of benzene rings is 3. The van der Waals surface area contributed by atoms with Crippen molar-refractivity contribution < 1.29 is 22.7 Å². The van der Waals surface area contributed by atoms with E-state index >= 15 is 0 Å². The highest BCUT2D eigenvalue weighted by atomic mass is 32.2. The van der Waals surface area contributed by atoms with Crippen LogP contribution in [0.1, 0.15) is 10.4 Å². The maximum Gasteiger partial charge on any atom is 0.355 e. The lowest BCUT2D eigenvalue weighted by Crippen LogP contribution is -2.49. The molecule has 8 heteroatoms. The van der Waals surface area contributed by atoms with Gasteiger partial charge in [0.2, 0.25) is 0 Å². The summed E-state index contributed by atoms with van der Waals surface area (Å²) in [6.45, 7) is 0. The largest absolute Gasteiger partial charge is 0.464 e. The first-order valence-electron chi connectivity index (χ1n) is 9.84. The number of carbonyl (C=O) groups excluding carboxylic acids is 2. The molecule has 32 heavy (non-hydrogen) atoms. The Balaban J connectivity index is 1.93. The molecule has 0 saturated heterocycles. The fraction of sp³-hybridized carbons (Fsp3) is 0.125. The molecular formula is C24H20N2O5S. The smallest absolute Gasteiger partial charge is 0.355 e. The molecule has 0 unspecified atom stereocenters. The zero-order valence-electron chi connectivity index (χ0n) is 17.2. The number of esters is 1. The number of sulfone groups is 1. The number of ketones is 1. The summed E-state index contributed by atoms with van der Waals surface area (Å²) >= 11 is 0. The van der Waals surface area contributed by atoms with Gasteiger partial charge in [0.15, 0.2) is 21.3 Å². The lowest BCUT2D eigenvalue weighted by atomic mass is 9.99. The van der Waals surface area contributed by atoms with Crippen molar-refractivity contribution in [1.29, 1.82) is 0 Å². The molecule has 7 nitrogen and oxygen atoms in total. The Hall–Kier alpha value is -3.78. The maximum atomic E-state index is 13.7. The van der Waals surface area contributed by atoms with Gasteiger partial charge in [-0.1, -0.05) is 66.7 Å². The van der Waals surface area contributed by atoms with Gasteiger partial charge >= 0.3 is 5.97 Å². The molecule has 0 N–H and O–H groups in total. The quantitative estimate of drug-likeness (QED) is 0.425. The second-order valence-corrected chi connectivity index (χ2v) is 9.18. The van der Waals surface area contributed by atoms with Crippen molar-refractivity contribution in [3.05, 3.63) is 96.6 Å². The first-order chi connectivity index (χ1) is 15.4. The standard InChI is InChI=1S/C24H20N2O5S/c1-31-24(28)20-23(32(29,30)19-15-9-4-10-16-19)21(22(27)17-11-5-2-6-12-17)26(25-20)18-13-7-3-8-14-18/h2-16,21,23H,1H3/t21-,23+/m1/s1. The summed E-state index contributed by atoms with van der Waals surface area (Å²) in [6.07, 6.45) is 0. The fourth-order valence-corrected chi connectivity index (χ4v) is 5.51. The molecule has 1 heterocycles. The number of carbonyl (C=O) groups is 2. The van der Waals surface area contributed by atoms with Gasteiger partial charge in [-0.2, -0.15) is 5.10 Å². The Morgan fingerprint density at radius 2 is 1.38 bits per heavy atom. The average molecular weight is 449 g/mol. The highest BCUT2D eigenvalue weighted by Crippen LogP contribution is 2.33. The van der Waals surface area contributed by atoms with E-state index < -0.39 is 32.9 Å². The van der Waals surface area contributed by atoms with Crippen molar-refractivity contribution in [2.24, 2.45) is 5.10 Å². The number of methoxy groups -OCH3 is 1. The summed E-state index contributed by atoms with van der Waals surface area (Å²) < 4.78 is 32.3. The number of hydrogen-bond acceptors (Lipinski definition) is 7. The molecule has 2 atom stereocenters. The molecule has 4 rings (SSSR count). The predicted molar refractivity (Wildman–Crippen MR) is 120 cm³/mol. The summed E-state index contributed by atoms with van der Waals surface area (Å²) in [4.78, 5) is 26.3. The summed E-state index contributed by atoms with van der Waals surface area (Å²) in [7, 11) is -3.03. The molecule has 0 radical (unpaired) electrons. The van der Waals surface area contributed by atoms with Crippen LogP contribution in [0.3, 0.4) is 0 Å². The molecule has 0 aliphatic carbocycles. The van der Waals surface area contributed by atoms with Crippen molar-refractivity contribution in [2.45, 2.75) is 16.2 Å². The zero-order valence-corrected chi connectivity index (χ0v) is 18.0. The molecule has 0 aromatic heterocycles. The van der Waals surface area contributed by atoms with Crippen LogP contribution < -0.4 is 5.01 Å². The van der Waals surface area contributed by atoms with E-state index in [0.717, 1.165) is 7.11 Å². The Morgan fingerprint density at radius 3 is 1.94 bits per heavy atom. The van der Waals surface area contributed by atoms with Crippen LogP contribution in [0, 0.1) is 0 Å². The minimum atomic E-state index is -4.18. The van der Waals surface area contributed by atoms with E-state index in [1.165, 1.54) is 17.1 Å². The van der Waals surface area contributed by atoms with Gasteiger partial charge in [-0.25, -0.2) is 13.2 Å².